The Kier molecular flexibility index (Phi) is 3.76. The van der Waals surface area contributed by atoms with Crippen molar-refractivity contribution in [2.75, 3.05) is 6.54 Å². The molecule has 70 valence electrons. The zero-order chi connectivity index (χ0) is 8.97. The van der Waals surface area contributed by atoms with Gasteiger partial charge < -0.3 is 11.1 Å². The molecule has 0 aromatic carbocycles. The molecular weight excluding hydrogens is 148 g/mol. The molecule has 0 amide bonds. The van der Waals surface area contributed by atoms with Gasteiger partial charge in [0.1, 0.15) is 0 Å². The third-order valence-electron chi connectivity index (χ3n) is 2.65. The van der Waals surface area contributed by atoms with Crippen molar-refractivity contribution in [3.63, 3.8) is 0 Å². The molecule has 1 heterocycles. The first-order valence-electron chi connectivity index (χ1n) is 4.92. The first-order chi connectivity index (χ1) is 5.75. The highest BCUT2D eigenvalue weighted by atomic mass is 15.0. The topological polar surface area (TPSA) is 38.0 Å². The van der Waals surface area contributed by atoms with Gasteiger partial charge in [0.2, 0.25) is 0 Å². The highest BCUT2D eigenvalue weighted by Crippen LogP contribution is 2.14. The van der Waals surface area contributed by atoms with Crippen LogP contribution in [0.4, 0.5) is 0 Å². The van der Waals surface area contributed by atoms with Gasteiger partial charge in [-0.3, -0.25) is 0 Å². The number of hydrogen-bond donors (Lipinski definition) is 2. The highest BCUT2D eigenvalue weighted by molar-refractivity contribution is 5.09. The lowest BCUT2D eigenvalue weighted by molar-refractivity contribution is 0.490. The fourth-order valence-corrected chi connectivity index (χ4v) is 1.75. The molecule has 0 aromatic heterocycles. The molecule has 0 radical (unpaired) electrons. The minimum atomic E-state index is 0.278. The average molecular weight is 168 g/mol. The summed E-state index contributed by atoms with van der Waals surface area (Å²) in [5.74, 6) is 0. The number of nitrogens with two attached hydrogens (primary N) is 1. The second kappa shape index (κ2) is 4.63. The number of hydrogen-bond acceptors (Lipinski definition) is 2. The van der Waals surface area contributed by atoms with E-state index < -0.39 is 0 Å². The Labute approximate surface area is 75.2 Å². The van der Waals surface area contributed by atoms with Crippen LogP contribution in [0, 0.1) is 0 Å². The highest BCUT2D eigenvalue weighted by Gasteiger charge is 2.20. The van der Waals surface area contributed by atoms with Crippen molar-refractivity contribution < 1.29 is 0 Å². The molecule has 0 aliphatic carbocycles. The summed E-state index contributed by atoms with van der Waals surface area (Å²) in [7, 11) is 0. The van der Waals surface area contributed by atoms with Crippen LogP contribution in [-0.4, -0.2) is 18.6 Å². The Balaban J connectivity index is 2.52. The zero-order valence-electron chi connectivity index (χ0n) is 7.97. The Hall–Kier alpha value is -0.340. The van der Waals surface area contributed by atoms with Crippen molar-refractivity contribution in [2.24, 2.45) is 5.73 Å². The third kappa shape index (κ3) is 2.32. The molecule has 0 saturated carbocycles. The van der Waals surface area contributed by atoms with Gasteiger partial charge in [-0.1, -0.05) is 25.5 Å². The van der Waals surface area contributed by atoms with E-state index in [-0.39, 0.29) is 6.04 Å². The van der Waals surface area contributed by atoms with Gasteiger partial charge >= 0.3 is 0 Å². The van der Waals surface area contributed by atoms with Crippen LogP contribution in [0.2, 0.25) is 0 Å². The molecule has 0 bridgehead atoms. The van der Waals surface area contributed by atoms with E-state index >= 15 is 0 Å². The van der Waals surface area contributed by atoms with Crippen LogP contribution in [-0.2, 0) is 0 Å². The van der Waals surface area contributed by atoms with Crippen molar-refractivity contribution in [3.8, 4) is 0 Å². The van der Waals surface area contributed by atoms with Crippen LogP contribution < -0.4 is 11.1 Å². The number of rotatable bonds is 2. The van der Waals surface area contributed by atoms with E-state index in [0.717, 1.165) is 19.4 Å². The van der Waals surface area contributed by atoms with Crippen LogP contribution in [0.15, 0.2) is 12.2 Å². The first-order valence-corrected chi connectivity index (χ1v) is 4.92. The maximum absolute atomic E-state index is 6.03. The minimum Gasteiger partial charge on any atom is -0.326 e. The maximum atomic E-state index is 6.03. The van der Waals surface area contributed by atoms with Crippen molar-refractivity contribution in [2.45, 2.75) is 44.7 Å². The van der Waals surface area contributed by atoms with Gasteiger partial charge in [-0.15, -0.1) is 0 Å². The van der Waals surface area contributed by atoms with E-state index in [1.807, 2.05) is 0 Å². The van der Waals surface area contributed by atoms with Gasteiger partial charge in [-0.25, -0.2) is 0 Å². The lowest BCUT2D eigenvalue weighted by atomic mass is 9.97. The van der Waals surface area contributed by atoms with Gasteiger partial charge in [0.25, 0.3) is 0 Å². The lowest BCUT2D eigenvalue weighted by Crippen LogP contribution is -2.44. The van der Waals surface area contributed by atoms with Crippen LogP contribution in [0.25, 0.3) is 0 Å². The first kappa shape index (κ1) is 9.75. The molecule has 1 rings (SSSR count). The summed E-state index contributed by atoms with van der Waals surface area (Å²) in [6, 6.07) is 0.637. The molecule has 1 aliphatic rings. The summed E-state index contributed by atoms with van der Waals surface area (Å²) in [6.07, 6.45) is 4.67. The van der Waals surface area contributed by atoms with Crippen molar-refractivity contribution in [1.82, 2.24) is 5.32 Å². The van der Waals surface area contributed by atoms with Crippen LogP contribution in [0.5, 0.6) is 0 Å². The Morgan fingerprint density at radius 2 is 2.33 bits per heavy atom. The van der Waals surface area contributed by atoms with Crippen molar-refractivity contribution >= 4 is 0 Å². The predicted molar refractivity (Wildman–Crippen MR) is 53.0 cm³/mol. The van der Waals surface area contributed by atoms with E-state index in [2.05, 4.69) is 18.8 Å². The quantitative estimate of drug-likeness (QED) is 0.612. The normalized spacial score (nSPS) is 31.2. The maximum Gasteiger partial charge on any atom is 0.0430 e. The molecule has 2 nitrogen and oxygen atoms in total. The van der Waals surface area contributed by atoms with Crippen LogP contribution in [0.1, 0.15) is 32.6 Å². The molecule has 2 heteroatoms. The van der Waals surface area contributed by atoms with Gasteiger partial charge in [0.05, 0.1) is 0 Å². The zero-order valence-corrected chi connectivity index (χ0v) is 7.97. The molecular formula is C10H20N2. The summed E-state index contributed by atoms with van der Waals surface area (Å²) in [5, 5.41) is 3.46. The lowest BCUT2D eigenvalue weighted by Gasteiger charge is -2.23. The largest absolute Gasteiger partial charge is 0.326 e. The van der Waals surface area contributed by atoms with Crippen LogP contribution >= 0.6 is 0 Å². The van der Waals surface area contributed by atoms with Gasteiger partial charge in [-0.05, 0) is 25.8 Å². The molecule has 3 N–H and O–H groups in total. The number of nitrogens with one attached hydrogen (secondary N) is 1. The Morgan fingerprint density at radius 1 is 1.58 bits per heavy atom. The molecule has 1 aliphatic heterocycles. The summed E-state index contributed by atoms with van der Waals surface area (Å²) in [4.78, 5) is 0. The van der Waals surface area contributed by atoms with E-state index in [4.69, 9.17) is 5.73 Å². The summed E-state index contributed by atoms with van der Waals surface area (Å²) >= 11 is 0. The second-order valence-electron chi connectivity index (χ2n) is 3.60. The van der Waals surface area contributed by atoms with E-state index in [0.29, 0.717) is 6.04 Å². The molecule has 0 aromatic rings. The van der Waals surface area contributed by atoms with E-state index in [1.165, 1.54) is 18.4 Å². The molecule has 2 atom stereocenters. The fourth-order valence-electron chi connectivity index (χ4n) is 1.75. The minimum absolute atomic E-state index is 0.278. The Morgan fingerprint density at radius 3 is 3.00 bits per heavy atom. The standard InChI is InChI=1S/C10H20N2/c1-3-8(2)10-9(11)6-4-5-7-12-10/h9-10,12H,2-7,11H2,1H3. The Bertz CT molecular complexity index is 154. The van der Waals surface area contributed by atoms with Crippen molar-refractivity contribution in [3.05, 3.63) is 12.2 Å². The van der Waals surface area contributed by atoms with E-state index in [1.54, 1.807) is 0 Å². The van der Waals surface area contributed by atoms with Crippen molar-refractivity contribution in [1.29, 1.82) is 0 Å². The monoisotopic (exact) mass is 168 g/mol. The predicted octanol–water partition coefficient (Wildman–Crippen LogP) is 1.42. The SMILES string of the molecule is C=C(CC)C1NCCCCC1N. The summed E-state index contributed by atoms with van der Waals surface area (Å²) < 4.78 is 0. The molecule has 2 unspecified atom stereocenters. The molecule has 1 fully saturated rings. The average Bonchev–Trinajstić information content (AvgIpc) is 2.28. The summed E-state index contributed by atoms with van der Waals surface area (Å²) in [5.41, 5.74) is 7.29. The smallest absolute Gasteiger partial charge is 0.0430 e. The second-order valence-corrected chi connectivity index (χ2v) is 3.60. The van der Waals surface area contributed by atoms with Gasteiger partial charge in [0.15, 0.2) is 0 Å². The molecule has 0 spiro atoms. The third-order valence-corrected chi connectivity index (χ3v) is 2.65. The van der Waals surface area contributed by atoms with Crippen LogP contribution in [0.3, 0.4) is 0 Å². The van der Waals surface area contributed by atoms with E-state index in [9.17, 15) is 0 Å². The fraction of sp³-hybridized carbons (Fsp3) is 0.800. The summed E-state index contributed by atoms with van der Waals surface area (Å²) in [6.45, 7) is 7.28. The van der Waals surface area contributed by atoms with Gasteiger partial charge in [0, 0.05) is 12.1 Å². The molecule has 12 heavy (non-hydrogen) atoms. The van der Waals surface area contributed by atoms with Gasteiger partial charge in [-0.2, -0.15) is 0 Å². The molecule has 1 saturated heterocycles.